The molecule has 2 nitrogen and oxygen atoms in total. The molecule has 0 bridgehead atoms. The summed E-state index contributed by atoms with van der Waals surface area (Å²) in [6, 6.07) is 21.8. The van der Waals surface area contributed by atoms with Gasteiger partial charge in [-0.2, -0.15) is 5.26 Å². The van der Waals surface area contributed by atoms with E-state index >= 15 is 0 Å². The van der Waals surface area contributed by atoms with Crippen molar-refractivity contribution in [2.45, 2.75) is 43.9 Å². The summed E-state index contributed by atoms with van der Waals surface area (Å²) in [5, 5.41) is 8.66. The lowest BCUT2D eigenvalue weighted by Crippen LogP contribution is -2.26. The topological polar surface area (TPSA) is 33.0 Å². The smallest absolute Gasteiger partial charge is 0.0625 e. The summed E-state index contributed by atoms with van der Waals surface area (Å²) in [7, 11) is 0. The molecule has 0 saturated carbocycles. The van der Waals surface area contributed by atoms with E-state index in [9.17, 15) is 0 Å². The molecule has 1 heterocycles. The first kappa shape index (κ1) is 16.7. The van der Waals surface area contributed by atoms with Crippen molar-refractivity contribution in [1.29, 1.82) is 5.26 Å². The molecule has 0 radical (unpaired) electrons. The third-order valence-corrected chi connectivity index (χ3v) is 5.16. The van der Waals surface area contributed by atoms with Gasteiger partial charge in [0.1, 0.15) is 0 Å². The van der Waals surface area contributed by atoms with Gasteiger partial charge in [0.05, 0.1) is 12.7 Å². The monoisotopic (exact) mass is 319 g/mol. The van der Waals surface area contributed by atoms with Crippen molar-refractivity contribution in [2.24, 2.45) is 0 Å². The van der Waals surface area contributed by atoms with Crippen molar-refractivity contribution in [3.8, 4) is 6.07 Å². The van der Waals surface area contributed by atoms with Crippen LogP contribution < -0.4 is 0 Å². The van der Waals surface area contributed by atoms with Gasteiger partial charge in [0.15, 0.2) is 0 Å². The fourth-order valence-electron chi connectivity index (χ4n) is 3.67. The zero-order valence-electron chi connectivity index (χ0n) is 14.2. The maximum absolute atomic E-state index is 8.66. The van der Waals surface area contributed by atoms with Crippen LogP contribution >= 0.6 is 0 Å². The van der Waals surface area contributed by atoms with E-state index in [4.69, 9.17) is 10.00 Å². The van der Waals surface area contributed by atoms with Crippen LogP contribution in [0.25, 0.3) is 0 Å². The van der Waals surface area contributed by atoms with Crippen LogP contribution in [0, 0.1) is 11.3 Å². The van der Waals surface area contributed by atoms with Crippen LogP contribution in [0.1, 0.15) is 42.4 Å². The van der Waals surface area contributed by atoms with Crippen LogP contribution in [0.2, 0.25) is 0 Å². The van der Waals surface area contributed by atoms with Crippen molar-refractivity contribution in [3.63, 3.8) is 0 Å². The lowest BCUT2D eigenvalue weighted by molar-refractivity contribution is 0.173. The lowest BCUT2D eigenvalue weighted by Gasteiger charge is -2.28. The van der Waals surface area contributed by atoms with E-state index in [1.165, 1.54) is 29.5 Å². The van der Waals surface area contributed by atoms with Crippen molar-refractivity contribution in [2.75, 3.05) is 13.2 Å². The SMILES string of the molecule is N#CCCc1ccc(CCCC2(c3ccccc3)CCOC2)cc1. The first-order chi connectivity index (χ1) is 11.8. The lowest BCUT2D eigenvalue weighted by atomic mass is 9.75. The largest absolute Gasteiger partial charge is 0.380 e. The molecule has 0 aliphatic carbocycles. The second-order valence-corrected chi connectivity index (χ2v) is 6.78. The number of nitriles is 1. The van der Waals surface area contributed by atoms with Crippen molar-refractivity contribution in [3.05, 3.63) is 71.3 Å². The fraction of sp³-hybridized carbons (Fsp3) is 0.409. The Morgan fingerprint density at radius 3 is 2.29 bits per heavy atom. The maximum Gasteiger partial charge on any atom is 0.0625 e. The van der Waals surface area contributed by atoms with Crippen LogP contribution in [0.15, 0.2) is 54.6 Å². The Hall–Kier alpha value is -2.11. The van der Waals surface area contributed by atoms with Gasteiger partial charge in [0.25, 0.3) is 0 Å². The minimum Gasteiger partial charge on any atom is -0.380 e. The zero-order valence-corrected chi connectivity index (χ0v) is 14.2. The predicted molar refractivity (Wildman–Crippen MR) is 96.9 cm³/mol. The highest BCUT2D eigenvalue weighted by Crippen LogP contribution is 2.37. The summed E-state index contributed by atoms with van der Waals surface area (Å²) < 4.78 is 5.74. The first-order valence-corrected chi connectivity index (χ1v) is 8.90. The highest BCUT2D eigenvalue weighted by molar-refractivity contribution is 5.27. The maximum atomic E-state index is 8.66. The van der Waals surface area contributed by atoms with Crippen LogP contribution in [0.3, 0.4) is 0 Å². The molecular formula is C22H25NO. The summed E-state index contributed by atoms with van der Waals surface area (Å²) in [5.41, 5.74) is 4.27. The molecule has 2 aromatic rings. The molecule has 1 atom stereocenters. The van der Waals surface area contributed by atoms with Crippen molar-refractivity contribution in [1.82, 2.24) is 0 Å². The number of aryl methyl sites for hydroxylation is 2. The summed E-state index contributed by atoms with van der Waals surface area (Å²) >= 11 is 0. The number of hydrogen-bond acceptors (Lipinski definition) is 2. The molecule has 124 valence electrons. The molecular weight excluding hydrogens is 294 g/mol. The summed E-state index contributed by atoms with van der Waals surface area (Å²) in [6.45, 7) is 1.73. The molecule has 0 spiro atoms. The minimum absolute atomic E-state index is 0.202. The number of rotatable bonds is 7. The highest BCUT2D eigenvalue weighted by Gasteiger charge is 2.35. The van der Waals surface area contributed by atoms with E-state index in [0.717, 1.165) is 32.5 Å². The normalized spacial score (nSPS) is 20.0. The third kappa shape index (κ3) is 4.04. The Labute approximate surface area is 145 Å². The Kier molecular flexibility index (Phi) is 5.67. The molecule has 1 aliphatic rings. The molecule has 2 heteroatoms. The van der Waals surface area contributed by atoms with E-state index in [1.54, 1.807) is 0 Å². The van der Waals surface area contributed by atoms with Crippen molar-refractivity contribution < 1.29 is 4.74 Å². The molecule has 3 rings (SSSR count). The first-order valence-electron chi connectivity index (χ1n) is 8.90. The molecule has 1 fully saturated rings. The van der Waals surface area contributed by atoms with Crippen molar-refractivity contribution >= 4 is 0 Å². The van der Waals surface area contributed by atoms with Gasteiger partial charge in [0, 0.05) is 18.4 Å². The molecule has 0 aromatic heterocycles. The van der Waals surface area contributed by atoms with Gasteiger partial charge in [0.2, 0.25) is 0 Å². The minimum atomic E-state index is 0.202. The van der Waals surface area contributed by atoms with E-state index in [2.05, 4.69) is 60.7 Å². The van der Waals surface area contributed by atoms with Crippen LogP contribution in [-0.4, -0.2) is 13.2 Å². The van der Waals surface area contributed by atoms with Gasteiger partial charge < -0.3 is 4.74 Å². The summed E-state index contributed by atoms with van der Waals surface area (Å²) in [6.07, 6.45) is 6.03. The van der Waals surface area contributed by atoms with Gasteiger partial charge in [-0.15, -0.1) is 0 Å². The van der Waals surface area contributed by atoms with Crippen LogP contribution in [-0.2, 0) is 23.0 Å². The average Bonchev–Trinajstić information content (AvgIpc) is 3.12. The van der Waals surface area contributed by atoms with E-state index in [0.29, 0.717) is 6.42 Å². The van der Waals surface area contributed by atoms with Crippen LogP contribution in [0.4, 0.5) is 0 Å². The van der Waals surface area contributed by atoms with Gasteiger partial charge in [-0.05, 0) is 48.8 Å². The summed E-state index contributed by atoms with van der Waals surface area (Å²) in [5.74, 6) is 0. The van der Waals surface area contributed by atoms with Gasteiger partial charge in [-0.25, -0.2) is 0 Å². The Bertz CT molecular complexity index is 663. The fourth-order valence-corrected chi connectivity index (χ4v) is 3.67. The second kappa shape index (κ2) is 8.13. The average molecular weight is 319 g/mol. The molecule has 0 N–H and O–H groups in total. The standard InChI is InChI=1S/C22H25NO/c23-16-5-7-20-12-10-19(11-13-20)6-4-14-22(15-17-24-18-22)21-8-2-1-3-9-21/h1-3,8-13H,4-7,14-15,17-18H2. The summed E-state index contributed by atoms with van der Waals surface area (Å²) in [4.78, 5) is 0. The Morgan fingerprint density at radius 2 is 1.67 bits per heavy atom. The van der Waals surface area contributed by atoms with E-state index < -0.39 is 0 Å². The van der Waals surface area contributed by atoms with E-state index in [1.807, 2.05) is 0 Å². The molecule has 1 saturated heterocycles. The Balaban J connectivity index is 1.57. The third-order valence-electron chi connectivity index (χ3n) is 5.16. The molecule has 1 unspecified atom stereocenters. The molecule has 1 aliphatic heterocycles. The van der Waals surface area contributed by atoms with Gasteiger partial charge >= 0.3 is 0 Å². The second-order valence-electron chi connectivity index (χ2n) is 6.78. The van der Waals surface area contributed by atoms with Crippen LogP contribution in [0.5, 0.6) is 0 Å². The number of ether oxygens (including phenoxy) is 1. The number of benzene rings is 2. The van der Waals surface area contributed by atoms with Gasteiger partial charge in [-0.3, -0.25) is 0 Å². The quantitative estimate of drug-likeness (QED) is 0.732. The van der Waals surface area contributed by atoms with E-state index in [-0.39, 0.29) is 5.41 Å². The molecule has 24 heavy (non-hydrogen) atoms. The molecule has 0 amide bonds. The molecule has 2 aromatic carbocycles. The number of hydrogen-bond donors (Lipinski definition) is 0. The Morgan fingerprint density at radius 1 is 0.958 bits per heavy atom. The highest BCUT2D eigenvalue weighted by atomic mass is 16.5. The van der Waals surface area contributed by atoms with Gasteiger partial charge in [-0.1, -0.05) is 54.6 Å². The number of nitrogens with zero attached hydrogens (tertiary/aromatic N) is 1. The zero-order chi connectivity index (χ0) is 16.7. The predicted octanol–water partition coefficient (Wildman–Crippen LogP) is 4.82.